The number of benzene rings is 1. The maximum absolute atomic E-state index is 5.44. The van der Waals surface area contributed by atoms with Crippen LogP contribution in [0, 0.1) is 6.92 Å². The molecule has 2 aromatic heterocycles. The largest absolute Gasteiger partial charge is 0.355 e. The molecular formula is C21H28N6O. The molecular weight excluding hydrogens is 352 g/mol. The first kappa shape index (κ1) is 18.8. The Morgan fingerprint density at radius 3 is 2.71 bits per heavy atom. The van der Waals surface area contributed by atoms with E-state index in [1.54, 1.807) is 6.33 Å². The minimum absolute atomic E-state index is 0.118. The van der Waals surface area contributed by atoms with Crippen LogP contribution in [0.2, 0.25) is 0 Å². The summed E-state index contributed by atoms with van der Waals surface area (Å²) in [6, 6.07) is 6.35. The lowest BCUT2D eigenvalue weighted by molar-refractivity contribution is 0.269. The van der Waals surface area contributed by atoms with E-state index < -0.39 is 0 Å². The fraction of sp³-hybridized carbons (Fsp3) is 0.524. The molecule has 7 nitrogen and oxygen atoms in total. The van der Waals surface area contributed by atoms with Crippen molar-refractivity contribution in [3.8, 4) is 0 Å². The van der Waals surface area contributed by atoms with E-state index in [1.165, 1.54) is 5.56 Å². The van der Waals surface area contributed by atoms with E-state index in [4.69, 9.17) is 4.52 Å². The van der Waals surface area contributed by atoms with Crippen molar-refractivity contribution in [3.05, 3.63) is 41.8 Å². The topological polar surface area (TPSA) is 71.2 Å². The SMILES string of the molecule is Cc1ccc2ncnc(N3CCCN(Cc4noc(C(C)(C)C)n4)CC3)c2c1. The van der Waals surface area contributed by atoms with Crippen molar-refractivity contribution < 1.29 is 4.52 Å². The quantitative estimate of drug-likeness (QED) is 0.690. The molecule has 1 fully saturated rings. The molecule has 3 heterocycles. The average molecular weight is 380 g/mol. The van der Waals surface area contributed by atoms with Crippen LogP contribution in [-0.2, 0) is 12.0 Å². The van der Waals surface area contributed by atoms with Gasteiger partial charge in [0.05, 0.1) is 12.1 Å². The van der Waals surface area contributed by atoms with Crippen molar-refractivity contribution >= 4 is 16.7 Å². The zero-order chi connectivity index (χ0) is 19.7. The molecule has 1 aromatic carbocycles. The highest BCUT2D eigenvalue weighted by atomic mass is 16.5. The van der Waals surface area contributed by atoms with E-state index >= 15 is 0 Å². The normalized spacial score (nSPS) is 16.5. The molecule has 0 bridgehead atoms. The van der Waals surface area contributed by atoms with Crippen LogP contribution >= 0.6 is 0 Å². The van der Waals surface area contributed by atoms with Crippen molar-refractivity contribution in [3.63, 3.8) is 0 Å². The number of hydrogen-bond donors (Lipinski definition) is 0. The van der Waals surface area contributed by atoms with Crippen molar-refractivity contribution in [1.82, 2.24) is 25.0 Å². The van der Waals surface area contributed by atoms with Crippen molar-refractivity contribution in [2.75, 3.05) is 31.1 Å². The Labute approximate surface area is 165 Å². The summed E-state index contributed by atoms with van der Waals surface area (Å²) >= 11 is 0. The summed E-state index contributed by atoms with van der Waals surface area (Å²) in [4.78, 5) is 18.4. The summed E-state index contributed by atoms with van der Waals surface area (Å²) in [7, 11) is 0. The van der Waals surface area contributed by atoms with Crippen molar-refractivity contribution in [2.45, 2.75) is 46.1 Å². The first-order chi connectivity index (χ1) is 13.4. The third kappa shape index (κ3) is 3.99. The Hall–Kier alpha value is -2.54. The predicted octanol–water partition coefficient (Wildman–Crippen LogP) is 3.33. The molecule has 0 radical (unpaired) electrons. The Morgan fingerprint density at radius 2 is 1.93 bits per heavy atom. The van der Waals surface area contributed by atoms with Crippen LogP contribution in [-0.4, -0.2) is 51.2 Å². The van der Waals surface area contributed by atoms with Gasteiger partial charge in [-0.25, -0.2) is 9.97 Å². The Kier molecular flexibility index (Phi) is 5.02. The number of anilines is 1. The second kappa shape index (κ2) is 7.47. The molecule has 1 aliphatic rings. The molecule has 0 N–H and O–H groups in total. The molecule has 1 saturated heterocycles. The minimum atomic E-state index is -0.118. The second-order valence-electron chi connectivity index (χ2n) is 8.60. The molecule has 28 heavy (non-hydrogen) atoms. The molecule has 0 spiro atoms. The second-order valence-corrected chi connectivity index (χ2v) is 8.60. The number of hydrogen-bond acceptors (Lipinski definition) is 7. The van der Waals surface area contributed by atoms with Gasteiger partial charge in [0, 0.05) is 37.0 Å². The molecule has 3 aromatic rings. The molecule has 7 heteroatoms. The van der Waals surface area contributed by atoms with Gasteiger partial charge in [0.15, 0.2) is 5.82 Å². The summed E-state index contributed by atoms with van der Waals surface area (Å²) in [5, 5.41) is 5.30. The summed E-state index contributed by atoms with van der Waals surface area (Å²) in [6.45, 7) is 12.9. The first-order valence-electron chi connectivity index (χ1n) is 9.92. The van der Waals surface area contributed by atoms with E-state index in [0.29, 0.717) is 5.89 Å². The van der Waals surface area contributed by atoms with Crippen LogP contribution in [0.1, 0.15) is 44.5 Å². The van der Waals surface area contributed by atoms with Gasteiger partial charge in [-0.3, -0.25) is 4.90 Å². The maximum Gasteiger partial charge on any atom is 0.232 e. The van der Waals surface area contributed by atoms with Crippen molar-refractivity contribution in [1.29, 1.82) is 0 Å². The van der Waals surface area contributed by atoms with E-state index in [2.05, 4.69) is 75.8 Å². The fourth-order valence-corrected chi connectivity index (χ4v) is 3.57. The highest BCUT2D eigenvalue weighted by molar-refractivity contribution is 5.89. The molecule has 148 valence electrons. The highest BCUT2D eigenvalue weighted by Crippen LogP contribution is 2.25. The number of aryl methyl sites for hydroxylation is 1. The fourth-order valence-electron chi connectivity index (χ4n) is 3.57. The zero-order valence-electron chi connectivity index (χ0n) is 17.1. The molecule has 0 unspecified atom stereocenters. The summed E-state index contributed by atoms with van der Waals surface area (Å²) in [5.41, 5.74) is 2.11. The lowest BCUT2D eigenvalue weighted by Crippen LogP contribution is -2.31. The van der Waals surface area contributed by atoms with Crippen LogP contribution in [0.25, 0.3) is 10.9 Å². The molecule has 0 aliphatic carbocycles. The summed E-state index contributed by atoms with van der Waals surface area (Å²) in [5.74, 6) is 2.49. The van der Waals surface area contributed by atoms with E-state index in [9.17, 15) is 0 Å². The average Bonchev–Trinajstić information content (AvgIpc) is 3.01. The standard InChI is InChI=1S/C21H28N6O/c1-15-6-7-17-16(12-15)19(23-14-22-17)27-9-5-8-26(10-11-27)13-18-24-20(28-25-18)21(2,3)4/h6-7,12,14H,5,8-11,13H2,1-4H3. The number of aromatic nitrogens is 4. The van der Waals surface area contributed by atoms with Crippen LogP contribution in [0.3, 0.4) is 0 Å². The minimum Gasteiger partial charge on any atom is -0.355 e. The van der Waals surface area contributed by atoms with Gasteiger partial charge in [-0.2, -0.15) is 4.98 Å². The van der Waals surface area contributed by atoms with Crippen LogP contribution in [0.15, 0.2) is 29.0 Å². The molecule has 1 aliphatic heterocycles. The number of fused-ring (bicyclic) bond motifs is 1. The number of rotatable bonds is 3. The lowest BCUT2D eigenvalue weighted by atomic mass is 9.97. The molecule has 0 saturated carbocycles. The van der Waals surface area contributed by atoms with Gasteiger partial charge < -0.3 is 9.42 Å². The zero-order valence-corrected chi connectivity index (χ0v) is 17.1. The smallest absolute Gasteiger partial charge is 0.232 e. The van der Waals surface area contributed by atoms with E-state index in [0.717, 1.165) is 61.7 Å². The summed E-state index contributed by atoms with van der Waals surface area (Å²) in [6.07, 6.45) is 2.74. The van der Waals surface area contributed by atoms with Gasteiger partial charge >= 0.3 is 0 Å². The van der Waals surface area contributed by atoms with Gasteiger partial charge in [0.1, 0.15) is 12.1 Å². The van der Waals surface area contributed by atoms with Crippen LogP contribution in [0.5, 0.6) is 0 Å². The van der Waals surface area contributed by atoms with E-state index in [-0.39, 0.29) is 5.41 Å². The molecule has 0 amide bonds. The molecule has 0 atom stereocenters. The summed E-state index contributed by atoms with van der Waals surface area (Å²) < 4.78 is 5.44. The number of nitrogens with zero attached hydrogens (tertiary/aromatic N) is 6. The molecule has 4 rings (SSSR count). The van der Waals surface area contributed by atoms with E-state index in [1.807, 2.05) is 0 Å². The maximum atomic E-state index is 5.44. The third-order valence-corrected chi connectivity index (χ3v) is 5.13. The Bertz CT molecular complexity index is 961. The third-order valence-electron chi connectivity index (χ3n) is 5.13. The van der Waals surface area contributed by atoms with Gasteiger partial charge in [-0.1, -0.05) is 37.6 Å². The highest BCUT2D eigenvalue weighted by Gasteiger charge is 2.23. The Balaban J connectivity index is 1.47. The van der Waals surface area contributed by atoms with Gasteiger partial charge in [0.2, 0.25) is 5.89 Å². The first-order valence-corrected chi connectivity index (χ1v) is 9.92. The van der Waals surface area contributed by atoms with Gasteiger partial charge in [0.25, 0.3) is 0 Å². The monoisotopic (exact) mass is 380 g/mol. The van der Waals surface area contributed by atoms with Gasteiger partial charge in [-0.05, 0) is 25.5 Å². The lowest BCUT2D eigenvalue weighted by Gasteiger charge is -2.23. The van der Waals surface area contributed by atoms with Crippen LogP contribution in [0.4, 0.5) is 5.82 Å². The van der Waals surface area contributed by atoms with Gasteiger partial charge in [-0.15, -0.1) is 0 Å². The predicted molar refractivity (Wildman–Crippen MR) is 109 cm³/mol. The Morgan fingerprint density at radius 1 is 1.07 bits per heavy atom. The van der Waals surface area contributed by atoms with Crippen molar-refractivity contribution in [2.24, 2.45) is 0 Å². The van der Waals surface area contributed by atoms with Crippen LogP contribution < -0.4 is 4.90 Å².